The zero-order valence-corrected chi connectivity index (χ0v) is 12.6. The van der Waals surface area contributed by atoms with E-state index in [1.54, 1.807) is 0 Å². The summed E-state index contributed by atoms with van der Waals surface area (Å²) >= 11 is 0. The number of hydrogen-bond donors (Lipinski definition) is 0. The Balaban J connectivity index is 1.47. The average Bonchev–Trinajstić information content (AvgIpc) is 2.98. The van der Waals surface area contributed by atoms with Crippen molar-refractivity contribution < 1.29 is 0 Å². The fourth-order valence-electron chi connectivity index (χ4n) is 3.21. The second-order valence-electron chi connectivity index (χ2n) is 5.98. The molecule has 3 aromatic carbocycles. The minimum Gasteiger partial charge on any atom is -0.291 e. The number of rotatable bonds is 3. The first-order valence-corrected chi connectivity index (χ1v) is 7.82. The van der Waals surface area contributed by atoms with Gasteiger partial charge in [0, 0.05) is 19.6 Å². The topological polar surface area (TPSA) is 3.24 Å². The Labute approximate surface area is 131 Å². The van der Waals surface area contributed by atoms with E-state index < -0.39 is 0 Å². The molecule has 1 nitrogen and oxygen atoms in total. The molecule has 0 saturated heterocycles. The molecule has 0 atom stereocenters. The van der Waals surface area contributed by atoms with Crippen LogP contribution >= 0.6 is 0 Å². The summed E-state index contributed by atoms with van der Waals surface area (Å²) in [4.78, 5) is 2.50. The van der Waals surface area contributed by atoms with E-state index in [2.05, 4.69) is 83.8 Å². The van der Waals surface area contributed by atoms with Gasteiger partial charge in [0.05, 0.1) is 0 Å². The molecule has 0 amide bonds. The summed E-state index contributed by atoms with van der Waals surface area (Å²) in [7, 11) is 0. The second kappa shape index (κ2) is 5.78. The van der Waals surface area contributed by atoms with Crippen molar-refractivity contribution in [1.29, 1.82) is 0 Å². The lowest BCUT2D eigenvalue weighted by Crippen LogP contribution is -2.15. The lowest BCUT2D eigenvalue weighted by atomic mass is 10.0. The van der Waals surface area contributed by atoms with Gasteiger partial charge < -0.3 is 0 Å². The molecule has 0 unspecified atom stereocenters. The molecule has 0 N–H and O–H groups in total. The summed E-state index contributed by atoms with van der Waals surface area (Å²) in [5, 5.41) is 0. The van der Waals surface area contributed by atoms with Gasteiger partial charge in [-0.3, -0.25) is 4.90 Å². The third kappa shape index (κ3) is 2.68. The Morgan fingerprint density at radius 2 is 1.14 bits per heavy atom. The Kier molecular flexibility index (Phi) is 3.49. The van der Waals surface area contributed by atoms with E-state index in [0.717, 1.165) is 19.6 Å². The molecule has 0 saturated carbocycles. The van der Waals surface area contributed by atoms with Gasteiger partial charge in [0.1, 0.15) is 0 Å². The van der Waals surface area contributed by atoms with Crippen LogP contribution in [0.3, 0.4) is 0 Å². The quantitative estimate of drug-likeness (QED) is 0.663. The highest BCUT2D eigenvalue weighted by atomic mass is 15.1. The first-order valence-electron chi connectivity index (χ1n) is 7.82. The molecule has 0 aliphatic carbocycles. The van der Waals surface area contributed by atoms with Crippen molar-refractivity contribution in [2.75, 3.05) is 0 Å². The zero-order chi connectivity index (χ0) is 14.8. The highest BCUT2D eigenvalue weighted by molar-refractivity contribution is 5.63. The number of benzene rings is 3. The molecule has 0 fully saturated rings. The summed E-state index contributed by atoms with van der Waals surface area (Å²) in [6, 6.07) is 28.3. The fraction of sp³-hybridized carbons (Fsp3) is 0.143. The highest BCUT2D eigenvalue weighted by Crippen LogP contribution is 2.25. The maximum atomic E-state index is 2.50. The number of nitrogens with zero attached hydrogens (tertiary/aromatic N) is 1. The zero-order valence-electron chi connectivity index (χ0n) is 12.6. The average molecular weight is 285 g/mol. The van der Waals surface area contributed by atoms with Crippen LogP contribution in [0.2, 0.25) is 0 Å². The molecular formula is C21H19N. The molecule has 3 aromatic rings. The Morgan fingerprint density at radius 1 is 0.591 bits per heavy atom. The van der Waals surface area contributed by atoms with Crippen molar-refractivity contribution in [3.8, 4) is 11.1 Å². The predicted octanol–water partition coefficient (Wildman–Crippen LogP) is 4.87. The molecule has 4 rings (SSSR count). The molecule has 0 radical (unpaired) electrons. The Bertz CT molecular complexity index is 734. The monoisotopic (exact) mass is 285 g/mol. The number of hydrogen-bond acceptors (Lipinski definition) is 1. The van der Waals surface area contributed by atoms with E-state index in [-0.39, 0.29) is 0 Å². The van der Waals surface area contributed by atoms with Crippen LogP contribution in [0.1, 0.15) is 16.7 Å². The molecular weight excluding hydrogens is 266 g/mol. The molecule has 1 aliphatic rings. The summed E-state index contributed by atoms with van der Waals surface area (Å²) in [6.07, 6.45) is 0. The lowest BCUT2D eigenvalue weighted by Gasteiger charge is -2.15. The first-order chi connectivity index (χ1) is 10.9. The standard InChI is InChI=1S/C21H19N/c1-2-6-18(7-3-1)19-12-10-17(11-13-19)14-22-15-20-8-4-5-9-21(20)16-22/h1-13H,14-16H2. The van der Waals surface area contributed by atoms with Gasteiger partial charge in [-0.15, -0.1) is 0 Å². The van der Waals surface area contributed by atoms with Gasteiger partial charge in [0.15, 0.2) is 0 Å². The van der Waals surface area contributed by atoms with Crippen LogP contribution in [0.5, 0.6) is 0 Å². The second-order valence-corrected chi connectivity index (χ2v) is 5.98. The summed E-state index contributed by atoms with van der Waals surface area (Å²) in [5.74, 6) is 0. The van der Waals surface area contributed by atoms with Gasteiger partial charge in [-0.1, -0.05) is 78.9 Å². The smallest absolute Gasteiger partial charge is 0.0244 e. The van der Waals surface area contributed by atoms with Crippen LogP contribution in [0.15, 0.2) is 78.9 Å². The van der Waals surface area contributed by atoms with Crippen LogP contribution < -0.4 is 0 Å². The van der Waals surface area contributed by atoms with Crippen molar-refractivity contribution in [3.63, 3.8) is 0 Å². The number of fused-ring (bicyclic) bond motifs is 1. The van der Waals surface area contributed by atoms with Crippen LogP contribution in [0.4, 0.5) is 0 Å². The van der Waals surface area contributed by atoms with Crippen LogP contribution in [0.25, 0.3) is 11.1 Å². The fourth-order valence-corrected chi connectivity index (χ4v) is 3.21. The molecule has 1 aliphatic heterocycles. The van der Waals surface area contributed by atoms with Gasteiger partial charge >= 0.3 is 0 Å². The lowest BCUT2D eigenvalue weighted by molar-refractivity contribution is 0.275. The Hall–Kier alpha value is -2.38. The maximum Gasteiger partial charge on any atom is 0.0244 e. The van der Waals surface area contributed by atoms with E-state index in [0.29, 0.717) is 0 Å². The summed E-state index contributed by atoms with van der Waals surface area (Å²) < 4.78 is 0. The van der Waals surface area contributed by atoms with E-state index in [1.165, 1.54) is 27.8 Å². The molecule has 0 bridgehead atoms. The molecule has 22 heavy (non-hydrogen) atoms. The van der Waals surface area contributed by atoms with Crippen LogP contribution in [0, 0.1) is 0 Å². The Morgan fingerprint density at radius 3 is 1.77 bits per heavy atom. The molecule has 1 heterocycles. The maximum absolute atomic E-state index is 2.50. The minimum atomic E-state index is 1.02. The first kappa shape index (κ1) is 13.3. The van der Waals surface area contributed by atoms with Gasteiger partial charge in [0.2, 0.25) is 0 Å². The van der Waals surface area contributed by atoms with E-state index in [9.17, 15) is 0 Å². The molecule has 108 valence electrons. The van der Waals surface area contributed by atoms with Gasteiger partial charge in [-0.2, -0.15) is 0 Å². The van der Waals surface area contributed by atoms with Gasteiger partial charge in [-0.25, -0.2) is 0 Å². The highest BCUT2D eigenvalue weighted by Gasteiger charge is 2.17. The normalized spacial score (nSPS) is 14.0. The molecule has 0 spiro atoms. The van der Waals surface area contributed by atoms with Crippen molar-refractivity contribution in [2.45, 2.75) is 19.6 Å². The summed E-state index contributed by atoms with van der Waals surface area (Å²) in [5.41, 5.74) is 6.90. The van der Waals surface area contributed by atoms with Crippen molar-refractivity contribution in [3.05, 3.63) is 95.6 Å². The van der Waals surface area contributed by atoms with E-state index in [1.807, 2.05) is 0 Å². The van der Waals surface area contributed by atoms with Crippen LogP contribution in [-0.2, 0) is 19.6 Å². The predicted molar refractivity (Wildman–Crippen MR) is 91.3 cm³/mol. The SMILES string of the molecule is c1ccc(-c2ccc(CN3Cc4ccccc4C3)cc2)cc1. The van der Waals surface area contributed by atoms with Crippen molar-refractivity contribution in [1.82, 2.24) is 4.90 Å². The van der Waals surface area contributed by atoms with Gasteiger partial charge in [0.25, 0.3) is 0 Å². The third-order valence-corrected chi connectivity index (χ3v) is 4.37. The van der Waals surface area contributed by atoms with E-state index >= 15 is 0 Å². The van der Waals surface area contributed by atoms with Crippen LogP contribution in [-0.4, -0.2) is 4.90 Å². The van der Waals surface area contributed by atoms with Crippen molar-refractivity contribution >= 4 is 0 Å². The van der Waals surface area contributed by atoms with E-state index in [4.69, 9.17) is 0 Å². The third-order valence-electron chi connectivity index (χ3n) is 4.37. The minimum absolute atomic E-state index is 1.02. The largest absolute Gasteiger partial charge is 0.291 e. The summed E-state index contributed by atoms with van der Waals surface area (Å²) in [6.45, 7) is 3.15. The van der Waals surface area contributed by atoms with Crippen molar-refractivity contribution in [2.24, 2.45) is 0 Å². The van der Waals surface area contributed by atoms with Gasteiger partial charge in [-0.05, 0) is 27.8 Å². The molecule has 0 aromatic heterocycles. The molecule has 1 heteroatoms.